The first-order valence-electron chi connectivity index (χ1n) is 6.35. The number of methoxy groups -OCH3 is 1. The van der Waals surface area contributed by atoms with Gasteiger partial charge in [0.25, 0.3) is 0 Å². The van der Waals surface area contributed by atoms with Crippen LogP contribution < -0.4 is 4.74 Å². The van der Waals surface area contributed by atoms with Gasteiger partial charge in [0.05, 0.1) is 13.7 Å². The van der Waals surface area contributed by atoms with Crippen LogP contribution in [-0.4, -0.2) is 17.2 Å². The van der Waals surface area contributed by atoms with Crippen molar-refractivity contribution >= 4 is 21.8 Å². The Kier molecular flexibility index (Phi) is 2.72. The average Bonchev–Trinajstić information content (AvgIpc) is 2.81. The first-order chi connectivity index (χ1) is 9.15. The highest BCUT2D eigenvalue weighted by atomic mass is 16.5. The summed E-state index contributed by atoms with van der Waals surface area (Å²) in [5.41, 5.74) is 5.49. The van der Waals surface area contributed by atoms with E-state index in [-0.39, 0.29) is 6.61 Å². The van der Waals surface area contributed by atoms with Crippen LogP contribution in [0.1, 0.15) is 16.7 Å². The molecule has 0 aliphatic heterocycles. The Morgan fingerprint density at radius 1 is 1.21 bits per heavy atom. The summed E-state index contributed by atoms with van der Waals surface area (Å²) in [6, 6.07) is 8.08. The Bertz CT molecular complexity index is 771. The van der Waals surface area contributed by atoms with Gasteiger partial charge in [0.15, 0.2) is 0 Å². The number of hydrogen-bond donors (Lipinski definition) is 2. The standard InChI is InChI=1S/C16H17NO2/c1-9-6-11(8-18)10(2)15-13-7-12(19-3)4-5-14(13)17-16(9)15/h4-7,17-18H,8H2,1-3H3. The third-order valence-corrected chi connectivity index (χ3v) is 3.82. The van der Waals surface area contributed by atoms with Crippen LogP contribution in [0, 0.1) is 13.8 Å². The number of aryl methyl sites for hydroxylation is 2. The topological polar surface area (TPSA) is 45.2 Å². The smallest absolute Gasteiger partial charge is 0.119 e. The predicted octanol–water partition coefficient (Wildman–Crippen LogP) is 3.44. The number of aliphatic hydroxyl groups excluding tert-OH is 1. The van der Waals surface area contributed by atoms with E-state index in [2.05, 4.69) is 18.8 Å². The Morgan fingerprint density at radius 3 is 2.68 bits per heavy atom. The summed E-state index contributed by atoms with van der Waals surface area (Å²) in [7, 11) is 1.67. The quantitative estimate of drug-likeness (QED) is 0.736. The number of H-pyrrole nitrogens is 1. The number of benzene rings is 2. The van der Waals surface area contributed by atoms with Gasteiger partial charge in [0.1, 0.15) is 5.75 Å². The molecule has 3 aromatic rings. The highest BCUT2D eigenvalue weighted by Crippen LogP contribution is 2.34. The van der Waals surface area contributed by atoms with Crippen molar-refractivity contribution in [3.05, 3.63) is 41.0 Å². The van der Waals surface area contributed by atoms with E-state index < -0.39 is 0 Å². The molecule has 2 aromatic carbocycles. The van der Waals surface area contributed by atoms with E-state index in [1.807, 2.05) is 24.3 Å². The first kappa shape index (κ1) is 12.1. The number of ether oxygens (including phenoxy) is 1. The lowest BCUT2D eigenvalue weighted by Crippen LogP contribution is -1.91. The van der Waals surface area contributed by atoms with Gasteiger partial charge in [-0.1, -0.05) is 6.07 Å². The van der Waals surface area contributed by atoms with E-state index in [1.54, 1.807) is 7.11 Å². The first-order valence-corrected chi connectivity index (χ1v) is 6.35. The molecule has 0 aliphatic carbocycles. The molecule has 3 nitrogen and oxygen atoms in total. The van der Waals surface area contributed by atoms with E-state index >= 15 is 0 Å². The van der Waals surface area contributed by atoms with E-state index in [9.17, 15) is 5.11 Å². The van der Waals surface area contributed by atoms with Crippen molar-refractivity contribution in [3.63, 3.8) is 0 Å². The number of fused-ring (bicyclic) bond motifs is 3. The molecule has 0 radical (unpaired) electrons. The number of rotatable bonds is 2. The third kappa shape index (κ3) is 1.70. The van der Waals surface area contributed by atoms with Crippen LogP contribution >= 0.6 is 0 Å². The molecule has 0 atom stereocenters. The van der Waals surface area contributed by atoms with Gasteiger partial charge >= 0.3 is 0 Å². The maximum Gasteiger partial charge on any atom is 0.119 e. The summed E-state index contributed by atoms with van der Waals surface area (Å²) in [6.07, 6.45) is 0. The maximum absolute atomic E-state index is 9.48. The summed E-state index contributed by atoms with van der Waals surface area (Å²) >= 11 is 0. The molecule has 2 N–H and O–H groups in total. The molecule has 3 rings (SSSR count). The van der Waals surface area contributed by atoms with Gasteiger partial charge in [-0.3, -0.25) is 0 Å². The Balaban J connectivity index is 2.50. The van der Waals surface area contributed by atoms with Crippen molar-refractivity contribution in [1.29, 1.82) is 0 Å². The molecule has 0 unspecified atom stereocenters. The zero-order valence-electron chi connectivity index (χ0n) is 11.4. The molecule has 0 amide bonds. The highest BCUT2D eigenvalue weighted by molar-refractivity contribution is 6.10. The van der Waals surface area contributed by atoms with Crippen LogP contribution in [0.3, 0.4) is 0 Å². The number of aromatic nitrogens is 1. The molecule has 1 aromatic heterocycles. The summed E-state index contributed by atoms with van der Waals surface area (Å²) in [4.78, 5) is 3.45. The molecular weight excluding hydrogens is 238 g/mol. The second kappa shape index (κ2) is 4.28. The van der Waals surface area contributed by atoms with Crippen LogP contribution in [0.25, 0.3) is 21.8 Å². The van der Waals surface area contributed by atoms with E-state index in [1.165, 1.54) is 5.39 Å². The Labute approximate surface area is 111 Å². The number of aromatic amines is 1. The van der Waals surface area contributed by atoms with Crippen LogP contribution in [-0.2, 0) is 6.61 Å². The molecule has 98 valence electrons. The minimum atomic E-state index is 0.0687. The monoisotopic (exact) mass is 255 g/mol. The van der Waals surface area contributed by atoms with Crippen LogP contribution in [0.2, 0.25) is 0 Å². The fourth-order valence-corrected chi connectivity index (χ4v) is 2.75. The number of aliphatic hydroxyl groups is 1. The number of hydrogen-bond acceptors (Lipinski definition) is 2. The van der Waals surface area contributed by atoms with Crippen molar-refractivity contribution < 1.29 is 9.84 Å². The van der Waals surface area contributed by atoms with Crippen LogP contribution in [0.5, 0.6) is 5.75 Å². The summed E-state index contributed by atoms with van der Waals surface area (Å²) < 4.78 is 5.30. The fraction of sp³-hybridized carbons (Fsp3) is 0.250. The van der Waals surface area contributed by atoms with E-state index in [4.69, 9.17) is 4.74 Å². The van der Waals surface area contributed by atoms with Gasteiger partial charge < -0.3 is 14.8 Å². The predicted molar refractivity (Wildman–Crippen MR) is 77.8 cm³/mol. The van der Waals surface area contributed by atoms with Crippen molar-refractivity contribution in [3.8, 4) is 5.75 Å². The summed E-state index contributed by atoms with van der Waals surface area (Å²) in [5, 5.41) is 11.8. The second-order valence-corrected chi connectivity index (χ2v) is 4.92. The van der Waals surface area contributed by atoms with Crippen molar-refractivity contribution in [2.75, 3.05) is 7.11 Å². The molecular formula is C16H17NO2. The molecule has 3 heteroatoms. The molecule has 0 saturated carbocycles. The molecule has 19 heavy (non-hydrogen) atoms. The van der Waals surface area contributed by atoms with Gasteiger partial charge in [-0.25, -0.2) is 0 Å². The minimum absolute atomic E-state index is 0.0687. The minimum Gasteiger partial charge on any atom is -0.497 e. The van der Waals surface area contributed by atoms with Crippen LogP contribution in [0.4, 0.5) is 0 Å². The zero-order valence-corrected chi connectivity index (χ0v) is 11.4. The Morgan fingerprint density at radius 2 is 2.00 bits per heavy atom. The van der Waals surface area contributed by atoms with Crippen LogP contribution in [0.15, 0.2) is 24.3 Å². The summed E-state index contributed by atoms with van der Waals surface area (Å²) in [6.45, 7) is 4.19. The van der Waals surface area contributed by atoms with Gasteiger partial charge in [-0.2, -0.15) is 0 Å². The lowest BCUT2D eigenvalue weighted by molar-refractivity contribution is 0.281. The SMILES string of the molecule is COc1ccc2[nH]c3c(C)cc(CO)c(C)c3c2c1. The van der Waals surface area contributed by atoms with Crippen molar-refractivity contribution in [2.24, 2.45) is 0 Å². The maximum atomic E-state index is 9.48. The molecule has 0 saturated heterocycles. The Hall–Kier alpha value is -2.00. The third-order valence-electron chi connectivity index (χ3n) is 3.82. The summed E-state index contributed by atoms with van der Waals surface area (Å²) in [5.74, 6) is 0.847. The number of nitrogens with one attached hydrogen (secondary N) is 1. The van der Waals surface area contributed by atoms with Crippen molar-refractivity contribution in [1.82, 2.24) is 4.98 Å². The normalized spacial score (nSPS) is 11.4. The fourth-order valence-electron chi connectivity index (χ4n) is 2.75. The highest BCUT2D eigenvalue weighted by Gasteiger charge is 2.12. The van der Waals surface area contributed by atoms with Gasteiger partial charge in [-0.15, -0.1) is 0 Å². The lowest BCUT2D eigenvalue weighted by Gasteiger charge is -2.07. The molecule has 0 aliphatic rings. The molecule has 0 spiro atoms. The lowest BCUT2D eigenvalue weighted by atomic mass is 9.99. The van der Waals surface area contributed by atoms with E-state index in [0.29, 0.717) is 0 Å². The molecule has 1 heterocycles. The molecule has 0 fully saturated rings. The van der Waals surface area contributed by atoms with E-state index in [0.717, 1.165) is 38.9 Å². The van der Waals surface area contributed by atoms with Crippen molar-refractivity contribution in [2.45, 2.75) is 20.5 Å². The van der Waals surface area contributed by atoms with Gasteiger partial charge in [0, 0.05) is 21.8 Å². The zero-order chi connectivity index (χ0) is 13.6. The van der Waals surface area contributed by atoms with Gasteiger partial charge in [0.2, 0.25) is 0 Å². The second-order valence-electron chi connectivity index (χ2n) is 4.92. The van der Waals surface area contributed by atoms with Gasteiger partial charge in [-0.05, 0) is 48.7 Å². The molecule has 0 bridgehead atoms. The average molecular weight is 255 g/mol. The largest absolute Gasteiger partial charge is 0.497 e.